The lowest BCUT2D eigenvalue weighted by Gasteiger charge is -2.37. The SMILES string of the molecule is COc1ccc(N2C(=O)C(c3cccs3)=C(N3CCN(c4ccccn4)CC3)C2=O)cc1. The summed E-state index contributed by atoms with van der Waals surface area (Å²) in [5.41, 5.74) is 1.50. The van der Waals surface area contributed by atoms with Gasteiger partial charge in [0, 0.05) is 37.3 Å². The number of aromatic nitrogens is 1. The van der Waals surface area contributed by atoms with E-state index in [1.54, 1.807) is 37.6 Å². The fraction of sp³-hybridized carbons (Fsp3) is 0.208. The molecular weight excluding hydrogens is 424 g/mol. The lowest BCUT2D eigenvalue weighted by Crippen LogP contribution is -2.48. The third-order valence-corrected chi connectivity index (χ3v) is 6.61. The second-order valence-electron chi connectivity index (χ2n) is 7.51. The molecule has 5 rings (SSSR count). The molecule has 4 heterocycles. The van der Waals surface area contributed by atoms with E-state index in [2.05, 4.69) is 9.88 Å². The Morgan fingerprint density at radius 3 is 2.25 bits per heavy atom. The van der Waals surface area contributed by atoms with Gasteiger partial charge >= 0.3 is 0 Å². The molecule has 32 heavy (non-hydrogen) atoms. The maximum atomic E-state index is 13.6. The molecule has 7 nitrogen and oxygen atoms in total. The van der Waals surface area contributed by atoms with Crippen molar-refractivity contribution < 1.29 is 14.3 Å². The van der Waals surface area contributed by atoms with Gasteiger partial charge in [0.1, 0.15) is 17.3 Å². The van der Waals surface area contributed by atoms with Gasteiger partial charge in [-0.25, -0.2) is 9.88 Å². The first kappa shape index (κ1) is 20.3. The molecule has 8 heteroatoms. The smallest absolute Gasteiger partial charge is 0.282 e. The number of carbonyl (C=O) groups is 2. The van der Waals surface area contributed by atoms with Crippen molar-refractivity contribution in [3.63, 3.8) is 0 Å². The Labute approximate surface area is 190 Å². The molecule has 1 aromatic carbocycles. The van der Waals surface area contributed by atoms with E-state index in [4.69, 9.17) is 4.74 Å². The van der Waals surface area contributed by atoms with Gasteiger partial charge in [0.05, 0.1) is 18.4 Å². The number of hydrogen-bond acceptors (Lipinski definition) is 7. The van der Waals surface area contributed by atoms with Crippen LogP contribution in [0.5, 0.6) is 5.75 Å². The van der Waals surface area contributed by atoms with Gasteiger partial charge in [0.25, 0.3) is 11.8 Å². The van der Waals surface area contributed by atoms with Crippen molar-refractivity contribution in [2.45, 2.75) is 0 Å². The summed E-state index contributed by atoms with van der Waals surface area (Å²) < 4.78 is 5.21. The predicted octanol–water partition coefficient (Wildman–Crippen LogP) is 3.26. The number of imide groups is 1. The Hall–Kier alpha value is -3.65. The zero-order valence-electron chi connectivity index (χ0n) is 17.6. The van der Waals surface area contributed by atoms with E-state index < -0.39 is 0 Å². The van der Waals surface area contributed by atoms with Gasteiger partial charge in [0.2, 0.25) is 0 Å². The fourth-order valence-electron chi connectivity index (χ4n) is 4.12. The molecule has 0 spiro atoms. The second kappa shape index (κ2) is 8.47. The number of rotatable bonds is 5. The summed E-state index contributed by atoms with van der Waals surface area (Å²) in [4.78, 5) is 37.8. The van der Waals surface area contributed by atoms with Crippen LogP contribution >= 0.6 is 11.3 Å². The lowest BCUT2D eigenvalue weighted by molar-refractivity contribution is -0.120. The summed E-state index contributed by atoms with van der Waals surface area (Å²) in [6.07, 6.45) is 1.78. The molecule has 2 aliphatic rings. The quantitative estimate of drug-likeness (QED) is 0.561. The van der Waals surface area contributed by atoms with Gasteiger partial charge in [-0.15, -0.1) is 11.3 Å². The third kappa shape index (κ3) is 3.52. The van der Waals surface area contributed by atoms with E-state index in [0.29, 0.717) is 35.8 Å². The van der Waals surface area contributed by atoms with Gasteiger partial charge in [-0.2, -0.15) is 0 Å². The van der Waals surface area contributed by atoms with E-state index in [9.17, 15) is 9.59 Å². The Morgan fingerprint density at radius 2 is 1.62 bits per heavy atom. The van der Waals surface area contributed by atoms with Gasteiger partial charge in [-0.05, 0) is 47.8 Å². The highest BCUT2D eigenvalue weighted by atomic mass is 32.1. The van der Waals surface area contributed by atoms with Gasteiger partial charge in [0.15, 0.2) is 0 Å². The summed E-state index contributed by atoms with van der Waals surface area (Å²) >= 11 is 1.47. The Bertz CT molecular complexity index is 1150. The first-order valence-electron chi connectivity index (χ1n) is 10.4. The Balaban J connectivity index is 1.46. The number of hydrogen-bond donors (Lipinski definition) is 0. The van der Waals surface area contributed by atoms with Crippen LogP contribution in [0.3, 0.4) is 0 Å². The zero-order chi connectivity index (χ0) is 22.1. The van der Waals surface area contributed by atoms with Crippen molar-refractivity contribution in [2.75, 3.05) is 43.1 Å². The topological polar surface area (TPSA) is 66.0 Å². The van der Waals surface area contributed by atoms with Crippen molar-refractivity contribution in [3.05, 3.63) is 76.7 Å². The van der Waals surface area contributed by atoms with Crippen LogP contribution in [0.4, 0.5) is 11.5 Å². The van der Waals surface area contributed by atoms with Crippen LogP contribution in [0.1, 0.15) is 4.88 Å². The number of pyridine rings is 1. The third-order valence-electron chi connectivity index (χ3n) is 5.73. The van der Waals surface area contributed by atoms with Crippen molar-refractivity contribution in [2.24, 2.45) is 0 Å². The minimum atomic E-state index is -0.287. The molecular formula is C24H22N4O3S. The average Bonchev–Trinajstić information content (AvgIpc) is 3.46. The van der Waals surface area contributed by atoms with Crippen LogP contribution in [0, 0.1) is 0 Å². The summed E-state index contributed by atoms with van der Waals surface area (Å²) in [7, 11) is 1.58. The standard InChI is InChI=1S/C24H22N4O3S/c1-31-18-9-7-17(8-10-18)28-23(29)21(19-5-4-16-32-19)22(24(28)30)27-14-12-26(13-15-27)20-6-2-3-11-25-20/h2-11,16H,12-15H2,1H3. The number of benzene rings is 1. The number of piperazine rings is 1. The van der Waals surface area contributed by atoms with Crippen LogP contribution in [-0.4, -0.2) is 55.0 Å². The van der Waals surface area contributed by atoms with Crippen LogP contribution in [-0.2, 0) is 9.59 Å². The maximum Gasteiger partial charge on any atom is 0.282 e. The number of thiophene rings is 1. The Kier molecular flexibility index (Phi) is 5.36. The van der Waals surface area contributed by atoms with Crippen molar-refractivity contribution >= 4 is 40.2 Å². The molecule has 0 atom stereocenters. The van der Waals surface area contributed by atoms with Gasteiger partial charge in [-0.1, -0.05) is 12.1 Å². The molecule has 0 N–H and O–H groups in total. The molecule has 0 radical (unpaired) electrons. The summed E-state index contributed by atoms with van der Waals surface area (Å²) in [6.45, 7) is 2.72. The van der Waals surface area contributed by atoms with E-state index in [1.807, 2.05) is 40.6 Å². The zero-order valence-corrected chi connectivity index (χ0v) is 18.4. The molecule has 0 aliphatic carbocycles. The van der Waals surface area contributed by atoms with Crippen LogP contribution < -0.4 is 14.5 Å². The van der Waals surface area contributed by atoms with Crippen LogP contribution in [0.25, 0.3) is 5.57 Å². The second-order valence-corrected chi connectivity index (χ2v) is 8.45. The molecule has 0 bridgehead atoms. The van der Waals surface area contributed by atoms with Crippen molar-refractivity contribution in [1.29, 1.82) is 0 Å². The van der Waals surface area contributed by atoms with Crippen molar-refractivity contribution in [1.82, 2.24) is 9.88 Å². The first-order chi connectivity index (χ1) is 15.7. The fourth-order valence-corrected chi connectivity index (χ4v) is 4.88. The first-order valence-corrected chi connectivity index (χ1v) is 11.3. The normalized spacial score (nSPS) is 16.8. The van der Waals surface area contributed by atoms with Gasteiger partial charge in [-0.3, -0.25) is 9.59 Å². The minimum Gasteiger partial charge on any atom is -0.497 e. The number of nitrogens with zero attached hydrogens (tertiary/aromatic N) is 4. The Morgan fingerprint density at radius 1 is 0.875 bits per heavy atom. The highest BCUT2D eigenvalue weighted by Crippen LogP contribution is 2.37. The molecule has 0 saturated carbocycles. The molecule has 2 aliphatic heterocycles. The summed E-state index contributed by atoms with van der Waals surface area (Å²) in [5.74, 6) is 1.03. The predicted molar refractivity (Wildman–Crippen MR) is 125 cm³/mol. The van der Waals surface area contributed by atoms with Crippen LogP contribution in [0.2, 0.25) is 0 Å². The number of carbonyl (C=O) groups excluding carboxylic acids is 2. The average molecular weight is 447 g/mol. The molecule has 0 unspecified atom stereocenters. The maximum absolute atomic E-state index is 13.6. The lowest BCUT2D eigenvalue weighted by atomic mass is 10.1. The van der Waals surface area contributed by atoms with Crippen LogP contribution in [0.15, 0.2) is 71.9 Å². The number of anilines is 2. The molecule has 3 aromatic rings. The monoisotopic (exact) mass is 446 g/mol. The van der Waals surface area contributed by atoms with E-state index >= 15 is 0 Å². The molecule has 1 fully saturated rings. The molecule has 1 saturated heterocycles. The van der Waals surface area contributed by atoms with E-state index in [1.165, 1.54) is 16.2 Å². The minimum absolute atomic E-state index is 0.283. The summed E-state index contributed by atoms with van der Waals surface area (Å²) in [6, 6.07) is 16.6. The number of ether oxygens (including phenoxy) is 1. The molecule has 2 aromatic heterocycles. The van der Waals surface area contributed by atoms with E-state index in [-0.39, 0.29) is 11.8 Å². The summed E-state index contributed by atoms with van der Waals surface area (Å²) in [5, 5.41) is 1.92. The highest BCUT2D eigenvalue weighted by molar-refractivity contribution is 7.11. The highest BCUT2D eigenvalue weighted by Gasteiger charge is 2.43. The molecule has 162 valence electrons. The largest absolute Gasteiger partial charge is 0.497 e. The molecule has 2 amide bonds. The number of methoxy groups -OCH3 is 1. The van der Waals surface area contributed by atoms with Crippen molar-refractivity contribution in [3.8, 4) is 5.75 Å². The van der Waals surface area contributed by atoms with Gasteiger partial charge < -0.3 is 14.5 Å². The van der Waals surface area contributed by atoms with E-state index in [0.717, 1.165) is 23.8 Å². The number of amides is 2.